The lowest BCUT2D eigenvalue weighted by Crippen LogP contribution is -2.06. The number of fused-ring (bicyclic) bond motifs is 1. The minimum Gasteiger partial charge on any atom is -0.396 e. The van der Waals surface area contributed by atoms with Gasteiger partial charge >= 0.3 is 0 Å². The van der Waals surface area contributed by atoms with Crippen LogP contribution in [-0.4, -0.2) is 28.2 Å². The predicted molar refractivity (Wildman–Crippen MR) is 73.7 cm³/mol. The molecule has 2 N–H and O–H groups in total. The highest BCUT2D eigenvalue weighted by atomic mass is 16.2. The summed E-state index contributed by atoms with van der Waals surface area (Å²) < 4.78 is 0. The van der Waals surface area contributed by atoms with E-state index < -0.39 is 0 Å². The number of anilines is 1. The van der Waals surface area contributed by atoms with Crippen LogP contribution in [0.25, 0.3) is 11.0 Å². The van der Waals surface area contributed by atoms with Gasteiger partial charge in [0.25, 0.3) is 0 Å². The van der Waals surface area contributed by atoms with Crippen molar-refractivity contribution in [3.05, 3.63) is 30.0 Å². The van der Waals surface area contributed by atoms with Crippen molar-refractivity contribution in [2.24, 2.45) is 0 Å². The second kappa shape index (κ2) is 6.31. The van der Waals surface area contributed by atoms with Crippen LogP contribution in [0.2, 0.25) is 0 Å². The van der Waals surface area contributed by atoms with Crippen molar-refractivity contribution < 1.29 is 5.11 Å². The zero-order chi connectivity index (χ0) is 12.8. The summed E-state index contributed by atoms with van der Waals surface area (Å²) in [6.07, 6.45) is 2.93. The number of nitrogens with one attached hydrogen (secondary N) is 1. The summed E-state index contributed by atoms with van der Waals surface area (Å²) in [5.41, 5.74) is 2.78. The van der Waals surface area contributed by atoms with Gasteiger partial charge in [-0.05, 0) is 38.3 Å². The van der Waals surface area contributed by atoms with Gasteiger partial charge in [0.2, 0.25) is 0 Å². The van der Waals surface area contributed by atoms with E-state index in [4.69, 9.17) is 5.11 Å². The molecule has 0 bridgehead atoms. The van der Waals surface area contributed by atoms with Gasteiger partial charge in [0.05, 0.1) is 16.7 Å². The summed E-state index contributed by atoms with van der Waals surface area (Å²) >= 11 is 0. The molecule has 4 nitrogen and oxygen atoms in total. The van der Waals surface area contributed by atoms with E-state index in [1.807, 2.05) is 31.2 Å². The van der Waals surface area contributed by atoms with Crippen LogP contribution < -0.4 is 5.32 Å². The SMILES string of the molecule is Cc1nc2ccccc2nc1NCCCCCO. The first-order valence-corrected chi connectivity index (χ1v) is 6.39. The largest absolute Gasteiger partial charge is 0.396 e. The maximum atomic E-state index is 8.70. The van der Waals surface area contributed by atoms with E-state index in [1.54, 1.807) is 0 Å². The van der Waals surface area contributed by atoms with Crippen LogP contribution in [0.5, 0.6) is 0 Å². The fourth-order valence-electron chi connectivity index (χ4n) is 1.88. The Morgan fingerprint density at radius 3 is 2.50 bits per heavy atom. The molecule has 2 aromatic rings. The summed E-state index contributed by atoms with van der Waals surface area (Å²) in [6.45, 7) is 3.11. The van der Waals surface area contributed by atoms with Gasteiger partial charge in [-0.25, -0.2) is 9.97 Å². The fraction of sp³-hybridized carbons (Fsp3) is 0.429. The lowest BCUT2D eigenvalue weighted by Gasteiger charge is -2.09. The van der Waals surface area contributed by atoms with E-state index in [0.717, 1.165) is 48.4 Å². The number of nitrogens with zero attached hydrogens (tertiary/aromatic N) is 2. The third kappa shape index (κ3) is 3.17. The number of benzene rings is 1. The molecule has 2 rings (SSSR count). The third-order valence-corrected chi connectivity index (χ3v) is 2.87. The van der Waals surface area contributed by atoms with Crippen molar-refractivity contribution in [1.82, 2.24) is 9.97 Å². The smallest absolute Gasteiger partial charge is 0.148 e. The highest BCUT2D eigenvalue weighted by Gasteiger charge is 2.03. The number of aryl methyl sites for hydroxylation is 1. The van der Waals surface area contributed by atoms with Crippen molar-refractivity contribution in [1.29, 1.82) is 0 Å². The first-order chi connectivity index (χ1) is 8.81. The summed E-state index contributed by atoms with van der Waals surface area (Å²) in [7, 11) is 0. The predicted octanol–water partition coefficient (Wildman–Crippen LogP) is 2.51. The average molecular weight is 245 g/mol. The number of hydrogen-bond donors (Lipinski definition) is 2. The molecule has 18 heavy (non-hydrogen) atoms. The van der Waals surface area contributed by atoms with Crippen molar-refractivity contribution in [2.75, 3.05) is 18.5 Å². The standard InChI is InChI=1S/C14H19N3O/c1-11-14(15-9-5-2-6-10-18)17-13-8-4-3-7-12(13)16-11/h3-4,7-8,18H,2,5-6,9-10H2,1H3,(H,15,17). The molecule has 96 valence electrons. The maximum absolute atomic E-state index is 8.70. The lowest BCUT2D eigenvalue weighted by atomic mass is 10.2. The van der Waals surface area contributed by atoms with Crippen LogP contribution in [0.4, 0.5) is 5.82 Å². The highest BCUT2D eigenvalue weighted by Crippen LogP contribution is 2.15. The summed E-state index contributed by atoms with van der Waals surface area (Å²) in [6, 6.07) is 7.88. The van der Waals surface area contributed by atoms with Crippen molar-refractivity contribution in [3.8, 4) is 0 Å². The third-order valence-electron chi connectivity index (χ3n) is 2.87. The van der Waals surface area contributed by atoms with E-state index in [0.29, 0.717) is 0 Å². The molecule has 0 spiro atoms. The van der Waals surface area contributed by atoms with E-state index in [9.17, 15) is 0 Å². The molecule has 1 aromatic carbocycles. The van der Waals surface area contributed by atoms with Gasteiger partial charge in [0.15, 0.2) is 0 Å². The first kappa shape index (κ1) is 12.8. The molecule has 0 aliphatic heterocycles. The molecule has 1 heterocycles. The van der Waals surface area contributed by atoms with Crippen molar-refractivity contribution in [3.63, 3.8) is 0 Å². The second-order valence-electron chi connectivity index (χ2n) is 4.36. The number of rotatable bonds is 6. The van der Waals surface area contributed by atoms with Gasteiger partial charge in [-0.15, -0.1) is 0 Å². The molecule has 0 atom stereocenters. The van der Waals surface area contributed by atoms with Gasteiger partial charge in [-0.2, -0.15) is 0 Å². The molecule has 0 fully saturated rings. The Bertz CT molecular complexity index is 513. The van der Waals surface area contributed by atoms with Crippen LogP contribution in [0.1, 0.15) is 25.0 Å². The fourth-order valence-corrected chi connectivity index (χ4v) is 1.88. The molecule has 0 aliphatic rings. The summed E-state index contributed by atoms with van der Waals surface area (Å²) in [5, 5.41) is 12.0. The Hall–Kier alpha value is -1.68. The normalized spacial score (nSPS) is 10.8. The number of aliphatic hydroxyl groups is 1. The Kier molecular flexibility index (Phi) is 4.47. The number of hydrogen-bond acceptors (Lipinski definition) is 4. The van der Waals surface area contributed by atoms with Crippen LogP contribution >= 0.6 is 0 Å². The molecule has 0 radical (unpaired) electrons. The number of unbranched alkanes of at least 4 members (excludes halogenated alkanes) is 2. The number of para-hydroxylation sites is 2. The van der Waals surface area contributed by atoms with Crippen molar-refractivity contribution in [2.45, 2.75) is 26.2 Å². The van der Waals surface area contributed by atoms with Crippen LogP contribution in [-0.2, 0) is 0 Å². The molecular formula is C14H19N3O. The van der Waals surface area contributed by atoms with Gasteiger partial charge in [-0.1, -0.05) is 12.1 Å². The molecular weight excluding hydrogens is 226 g/mol. The minimum atomic E-state index is 0.273. The molecule has 4 heteroatoms. The zero-order valence-electron chi connectivity index (χ0n) is 10.7. The van der Waals surface area contributed by atoms with Crippen LogP contribution in [0.3, 0.4) is 0 Å². The van der Waals surface area contributed by atoms with E-state index in [1.165, 1.54) is 0 Å². The monoisotopic (exact) mass is 245 g/mol. The van der Waals surface area contributed by atoms with E-state index in [2.05, 4.69) is 15.3 Å². The Morgan fingerprint density at radius 1 is 1.06 bits per heavy atom. The molecule has 0 amide bonds. The second-order valence-corrected chi connectivity index (χ2v) is 4.36. The Labute approximate surface area is 107 Å². The molecule has 0 aliphatic carbocycles. The quantitative estimate of drug-likeness (QED) is 0.768. The topological polar surface area (TPSA) is 58.0 Å². The zero-order valence-corrected chi connectivity index (χ0v) is 10.7. The minimum absolute atomic E-state index is 0.273. The van der Waals surface area contributed by atoms with Gasteiger partial charge in [-0.3, -0.25) is 0 Å². The molecule has 0 saturated heterocycles. The number of aromatic nitrogens is 2. The Balaban J connectivity index is 2.01. The maximum Gasteiger partial charge on any atom is 0.148 e. The van der Waals surface area contributed by atoms with E-state index >= 15 is 0 Å². The van der Waals surface area contributed by atoms with Gasteiger partial charge in [0, 0.05) is 13.2 Å². The molecule has 0 saturated carbocycles. The Morgan fingerprint density at radius 2 is 1.78 bits per heavy atom. The summed E-state index contributed by atoms with van der Waals surface area (Å²) in [4.78, 5) is 9.10. The van der Waals surface area contributed by atoms with Crippen LogP contribution in [0, 0.1) is 6.92 Å². The van der Waals surface area contributed by atoms with Gasteiger partial charge < -0.3 is 10.4 Å². The summed E-state index contributed by atoms with van der Waals surface area (Å²) in [5.74, 6) is 0.859. The van der Waals surface area contributed by atoms with Crippen LogP contribution in [0.15, 0.2) is 24.3 Å². The lowest BCUT2D eigenvalue weighted by molar-refractivity contribution is 0.283. The molecule has 0 unspecified atom stereocenters. The van der Waals surface area contributed by atoms with Crippen molar-refractivity contribution >= 4 is 16.9 Å². The number of aliphatic hydroxyl groups excluding tert-OH is 1. The molecule has 1 aromatic heterocycles. The average Bonchev–Trinajstić information content (AvgIpc) is 2.39. The van der Waals surface area contributed by atoms with Gasteiger partial charge in [0.1, 0.15) is 5.82 Å². The van der Waals surface area contributed by atoms with E-state index in [-0.39, 0.29) is 6.61 Å². The highest BCUT2D eigenvalue weighted by molar-refractivity contribution is 5.76. The first-order valence-electron chi connectivity index (χ1n) is 6.39.